The summed E-state index contributed by atoms with van der Waals surface area (Å²) >= 11 is 1.97. The van der Waals surface area contributed by atoms with Gasteiger partial charge in [-0.1, -0.05) is 0 Å². The maximum Gasteiger partial charge on any atom is 0.208 e. The summed E-state index contributed by atoms with van der Waals surface area (Å²) in [5, 5.41) is 0. The molecule has 66 valence electrons. The Hall–Kier alpha value is -0.480. The number of hydrogen-bond donors (Lipinski definition) is 1. The Morgan fingerprint density at radius 3 is 3.25 bits per heavy atom. The lowest BCUT2D eigenvalue weighted by atomic mass is 10.1. The Morgan fingerprint density at radius 2 is 2.67 bits per heavy atom. The van der Waals surface area contributed by atoms with Crippen molar-refractivity contribution in [2.24, 2.45) is 5.73 Å². The van der Waals surface area contributed by atoms with Gasteiger partial charge in [-0.15, -0.1) is 0 Å². The van der Waals surface area contributed by atoms with Gasteiger partial charge in [0.1, 0.15) is 5.76 Å². The minimum atomic E-state index is 0.403. The molecule has 4 heteroatoms. The van der Waals surface area contributed by atoms with Gasteiger partial charge in [-0.2, -0.15) is 11.8 Å². The van der Waals surface area contributed by atoms with E-state index in [0.717, 1.165) is 5.76 Å². The third kappa shape index (κ3) is 1.49. The van der Waals surface area contributed by atoms with Crippen molar-refractivity contribution in [3.63, 3.8) is 0 Å². The Balaban J connectivity index is 2.11. The summed E-state index contributed by atoms with van der Waals surface area (Å²) in [7, 11) is 0. The summed E-state index contributed by atoms with van der Waals surface area (Å²) in [5.74, 6) is 4.65. The maximum atomic E-state index is 5.47. The van der Waals surface area contributed by atoms with E-state index in [9.17, 15) is 0 Å². The van der Waals surface area contributed by atoms with Crippen LogP contribution in [0.3, 0.4) is 0 Å². The molecule has 2 heterocycles. The van der Waals surface area contributed by atoms with Crippen molar-refractivity contribution >= 4 is 11.8 Å². The van der Waals surface area contributed by atoms with Crippen LogP contribution in [-0.2, 0) is 6.54 Å². The van der Waals surface area contributed by atoms with Gasteiger partial charge in [0, 0.05) is 11.7 Å². The SMILES string of the molecule is NCc1ncc(C2CCSC2)o1. The zero-order chi connectivity index (χ0) is 8.39. The lowest BCUT2D eigenvalue weighted by molar-refractivity contribution is 0.434. The molecule has 0 spiro atoms. The highest BCUT2D eigenvalue weighted by Crippen LogP contribution is 2.32. The van der Waals surface area contributed by atoms with Crippen molar-refractivity contribution in [2.75, 3.05) is 11.5 Å². The highest BCUT2D eigenvalue weighted by Gasteiger charge is 2.20. The zero-order valence-corrected chi connectivity index (χ0v) is 7.64. The molecule has 0 aromatic carbocycles. The van der Waals surface area contributed by atoms with Crippen LogP contribution >= 0.6 is 11.8 Å². The van der Waals surface area contributed by atoms with Crippen LogP contribution in [0.2, 0.25) is 0 Å². The average Bonchev–Trinajstić information content (AvgIpc) is 2.75. The molecule has 1 aromatic rings. The molecule has 12 heavy (non-hydrogen) atoms. The standard InChI is InChI=1S/C8H12N2OS/c9-3-8-10-4-7(11-8)6-1-2-12-5-6/h4,6H,1-3,5,9H2. The van der Waals surface area contributed by atoms with Gasteiger partial charge in [0.2, 0.25) is 5.89 Å². The van der Waals surface area contributed by atoms with Crippen LogP contribution in [0.4, 0.5) is 0 Å². The van der Waals surface area contributed by atoms with Crippen LogP contribution < -0.4 is 5.73 Å². The van der Waals surface area contributed by atoms with Crippen molar-refractivity contribution in [2.45, 2.75) is 18.9 Å². The van der Waals surface area contributed by atoms with Gasteiger partial charge in [-0.25, -0.2) is 4.98 Å². The molecule has 0 saturated carbocycles. The molecule has 1 aliphatic rings. The molecule has 0 amide bonds. The van der Waals surface area contributed by atoms with Gasteiger partial charge in [0.25, 0.3) is 0 Å². The molecule has 2 N–H and O–H groups in total. The maximum absolute atomic E-state index is 5.47. The first-order valence-electron chi connectivity index (χ1n) is 4.12. The molecular weight excluding hydrogens is 172 g/mol. The summed E-state index contributed by atoms with van der Waals surface area (Å²) in [6, 6.07) is 0. The monoisotopic (exact) mass is 184 g/mol. The molecule has 1 unspecified atom stereocenters. The highest BCUT2D eigenvalue weighted by atomic mass is 32.2. The first kappa shape index (κ1) is 8.13. The molecule has 1 saturated heterocycles. The van der Waals surface area contributed by atoms with Crippen molar-refractivity contribution in [3.8, 4) is 0 Å². The minimum Gasteiger partial charge on any atom is -0.444 e. The second kappa shape index (κ2) is 3.49. The quantitative estimate of drug-likeness (QED) is 0.754. The van der Waals surface area contributed by atoms with E-state index in [1.54, 1.807) is 0 Å². The molecule has 1 aliphatic heterocycles. The van der Waals surface area contributed by atoms with Crippen LogP contribution in [0, 0.1) is 0 Å². The van der Waals surface area contributed by atoms with Crippen molar-refractivity contribution < 1.29 is 4.42 Å². The summed E-state index contributed by atoms with van der Waals surface area (Å²) in [4.78, 5) is 4.08. The smallest absolute Gasteiger partial charge is 0.208 e. The molecule has 1 atom stereocenters. The predicted octanol–water partition coefficient (Wildman–Crippen LogP) is 1.35. The number of nitrogens with two attached hydrogens (primary N) is 1. The fourth-order valence-corrected chi connectivity index (χ4v) is 2.60. The summed E-state index contributed by atoms with van der Waals surface area (Å²) in [6.07, 6.45) is 3.03. The second-order valence-electron chi connectivity index (χ2n) is 2.92. The van der Waals surface area contributed by atoms with Gasteiger partial charge in [0.15, 0.2) is 0 Å². The first-order chi connectivity index (χ1) is 5.90. The fraction of sp³-hybridized carbons (Fsp3) is 0.625. The largest absolute Gasteiger partial charge is 0.444 e. The van der Waals surface area contributed by atoms with Crippen LogP contribution in [0.1, 0.15) is 24.0 Å². The number of aromatic nitrogens is 1. The molecule has 0 radical (unpaired) electrons. The minimum absolute atomic E-state index is 0.403. The molecule has 2 rings (SSSR count). The average molecular weight is 184 g/mol. The normalized spacial score (nSPS) is 23.2. The van der Waals surface area contributed by atoms with E-state index in [-0.39, 0.29) is 0 Å². The summed E-state index contributed by atoms with van der Waals surface area (Å²) in [5.41, 5.74) is 5.40. The lowest BCUT2D eigenvalue weighted by Crippen LogP contribution is -1.96. The molecular formula is C8H12N2OS. The highest BCUT2D eigenvalue weighted by molar-refractivity contribution is 7.99. The van der Waals surface area contributed by atoms with E-state index in [1.807, 2.05) is 18.0 Å². The molecule has 1 aromatic heterocycles. The van der Waals surface area contributed by atoms with Crippen LogP contribution in [-0.4, -0.2) is 16.5 Å². The molecule has 3 nitrogen and oxygen atoms in total. The Morgan fingerprint density at radius 1 is 1.75 bits per heavy atom. The van der Waals surface area contributed by atoms with Crippen LogP contribution in [0.15, 0.2) is 10.6 Å². The lowest BCUT2D eigenvalue weighted by Gasteiger charge is -2.00. The Bertz CT molecular complexity index is 255. The number of hydrogen-bond acceptors (Lipinski definition) is 4. The molecule has 0 aliphatic carbocycles. The third-order valence-electron chi connectivity index (χ3n) is 2.08. The topological polar surface area (TPSA) is 52.0 Å². The number of oxazole rings is 1. The molecule has 1 fully saturated rings. The van der Waals surface area contributed by atoms with E-state index < -0.39 is 0 Å². The van der Waals surface area contributed by atoms with Gasteiger partial charge >= 0.3 is 0 Å². The van der Waals surface area contributed by atoms with Crippen LogP contribution in [0.25, 0.3) is 0 Å². The van der Waals surface area contributed by atoms with E-state index in [2.05, 4.69) is 4.98 Å². The van der Waals surface area contributed by atoms with E-state index in [0.29, 0.717) is 18.4 Å². The van der Waals surface area contributed by atoms with Crippen molar-refractivity contribution in [3.05, 3.63) is 17.8 Å². The summed E-state index contributed by atoms with van der Waals surface area (Å²) in [6.45, 7) is 0.403. The third-order valence-corrected chi connectivity index (χ3v) is 3.24. The van der Waals surface area contributed by atoms with Gasteiger partial charge < -0.3 is 10.2 Å². The van der Waals surface area contributed by atoms with E-state index >= 15 is 0 Å². The Kier molecular flexibility index (Phi) is 2.37. The van der Waals surface area contributed by atoms with Gasteiger partial charge in [0.05, 0.1) is 12.7 Å². The number of nitrogens with zero attached hydrogens (tertiary/aromatic N) is 1. The van der Waals surface area contributed by atoms with E-state index in [1.165, 1.54) is 17.9 Å². The number of rotatable bonds is 2. The van der Waals surface area contributed by atoms with Gasteiger partial charge in [-0.05, 0) is 12.2 Å². The van der Waals surface area contributed by atoms with Crippen LogP contribution in [0.5, 0.6) is 0 Å². The van der Waals surface area contributed by atoms with Crippen molar-refractivity contribution in [1.82, 2.24) is 4.98 Å². The second-order valence-corrected chi connectivity index (χ2v) is 4.07. The van der Waals surface area contributed by atoms with Gasteiger partial charge in [-0.3, -0.25) is 0 Å². The fourth-order valence-electron chi connectivity index (χ4n) is 1.37. The summed E-state index contributed by atoms with van der Waals surface area (Å²) < 4.78 is 5.47. The van der Waals surface area contributed by atoms with E-state index in [4.69, 9.17) is 10.2 Å². The molecule has 0 bridgehead atoms. The number of thioether (sulfide) groups is 1. The first-order valence-corrected chi connectivity index (χ1v) is 5.28. The zero-order valence-electron chi connectivity index (χ0n) is 6.82. The predicted molar refractivity (Wildman–Crippen MR) is 49.1 cm³/mol. The Labute approximate surface area is 75.7 Å². The van der Waals surface area contributed by atoms with Crippen molar-refractivity contribution in [1.29, 1.82) is 0 Å².